The van der Waals surface area contributed by atoms with Crippen molar-refractivity contribution in [3.05, 3.63) is 11.7 Å². The lowest BCUT2D eigenvalue weighted by Crippen LogP contribution is -2.38. The van der Waals surface area contributed by atoms with Gasteiger partial charge in [-0.05, 0) is 12.8 Å². The lowest BCUT2D eigenvalue weighted by atomic mass is 10.1. The average Bonchev–Trinajstić information content (AvgIpc) is 3.00. The average molecular weight is 253 g/mol. The summed E-state index contributed by atoms with van der Waals surface area (Å²) in [7, 11) is 0. The molecule has 0 amide bonds. The summed E-state index contributed by atoms with van der Waals surface area (Å²) in [5.41, 5.74) is 0. The maximum atomic E-state index is 5.37. The first-order valence-electron chi connectivity index (χ1n) is 6.55. The van der Waals surface area contributed by atoms with E-state index in [1.54, 1.807) is 0 Å². The van der Waals surface area contributed by atoms with Crippen LogP contribution >= 0.6 is 11.8 Å². The van der Waals surface area contributed by atoms with Crippen molar-refractivity contribution in [2.45, 2.75) is 44.1 Å². The molecule has 2 heterocycles. The van der Waals surface area contributed by atoms with E-state index in [0.29, 0.717) is 12.0 Å². The van der Waals surface area contributed by atoms with Crippen LogP contribution < -0.4 is 5.32 Å². The van der Waals surface area contributed by atoms with Crippen LogP contribution in [0.5, 0.6) is 0 Å². The second-order valence-electron chi connectivity index (χ2n) is 4.96. The van der Waals surface area contributed by atoms with Crippen LogP contribution in [-0.2, 0) is 6.42 Å². The number of hydrogen-bond acceptors (Lipinski definition) is 5. The summed E-state index contributed by atoms with van der Waals surface area (Å²) in [4.78, 5) is 4.56. The van der Waals surface area contributed by atoms with E-state index in [-0.39, 0.29) is 0 Å². The standard InChI is InChI=1S/C12H19N3OS/c1-2-4-9(3-1)12-14-11(16-15-12)7-10-8-17-6-5-13-10/h9-10,13H,1-8H2. The van der Waals surface area contributed by atoms with E-state index >= 15 is 0 Å². The lowest BCUT2D eigenvalue weighted by molar-refractivity contribution is 0.356. The van der Waals surface area contributed by atoms with Gasteiger partial charge in [0.05, 0.1) is 0 Å². The van der Waals surface area contributed by atoms with E-state index in [2.05, 4.69) is 15.5 Å². The molecule has 3 rings (SSSR count). The molecule has 1 saturated carbocycles. The van der Waals surface area contributed by atoms with Gasteiger partial charge in [-0.25, -0.2) is 0 Å². The lowest BCUT2D eigenvalue weighted by Gasteiger charge is -2.21. The normalized spacial score (nSPS) is 26.5. The number of thioether (sulfide) groups is 1. The Kier molecular flexibility index (Phi) is 3.66. The molecule has 0 aromatic carbocycles. The molecule has 4 nitrogen and oxygen atoms in total. The molecule has 1 saturated heterocycles. The Hall–Kier alpha value is -0.550. The first kappa shape index (κ1) is 11.5. The molecular weight excluding hydrogens is 234 g/mol. The second-order valence-corrected chi connectivity index (χ2v) is 6.11. The van der Waals surface area contributed by atoms with Gasteiger partial charge in [-0.3, -0.25) is 0 Å². The Balaban J connectivity index is 1.59. The van der Waals surface area contributed by atoms with E-state index in [1.165, 1.54) is 31.4 Å². The van der Waals surface area contributed by atoms with Crippen LogP contribution in [0.25, 0.3) is 0 Å². The van der Waals surface area contributed by atoms with Crippen LogP contribution in [0.4, 0.5) is 0 Å². The van der Waals surface area contributed by atoms with Gasteiger partial charge in [0.2, 0.25) is 5.89 Å². The summed E-state index contributed by atoms with van der Waals surface area (Å²) in [5, 5.41) is 7.64. The number of rotatable bonds is 3. The zero-order valence-electron chi connectivity index (χ0n) is 10.0. The minimum atomic E-state index is 0.505. The van der Waals surface area contributed by atoms with Gasteiger partial charge in [-0.15, -0.1) is 0 Å². The molecule has 1 atom stereocenters. The van der Waals surface area contributed by atoms with Crippen LogP contribution in [0, 0.1) is 0 Å². The third kappa shape index (κ3) is 2.83. The fourth-order valence-electron chi connectivity index (χ4n) is 2.66. The Labute approximate surface area is 106 Å². The van der Waals surface area contributed by atoms with E-state index in [9.17, 15) is 0 Å². The molecule has 0 spiro atoms. The number of aromatic nitrogens is 2. The fraction of sp³-hybridized carbons (Fsp3) is 0.833. The van der Waals surface area contributed by atoms with Crippen molar-refractivity contribution >= 4 is 11.8 Å². The maximum Gasteiger partial charge on any atom is 0.228 e. The van der Waals surface area contributed by atoms with E-state index in [0.717, 1.165) is 30.4 Å². The quantitative estimate of drug-likeness (QED) is 0.892. The largest absolute Gasteiger partial charge is 0.339 e. The van der Waals surface area contributed by atoms with Crippen molar-refractivity contribution < 1.29 is 4.52 Å². The van der Waals surface area contributed by atoms with Crippen molar-refractivity contribution in [3.63, 3.8) is 0 Å². The molecule has 17 heavy (non-hydrogen) atoms. The molecule has 0 radical (unpaired) electrons. The van der Waals surface area contributed by atoms with Crippen LogP contribution in [0.3, 0.4) is 0 Å². The van der Waals surface area contributed by atoms with Gasteiger partial charge < -0.3 is 9.84 Å². The van der Waals surface area contributed by atoms with E-state index in [1.807, 2.05) is 11.8 Å². The van der Waals surface area contributed by atoms with Crippen molar-refractivity contribution in [2.24, 2.45) is 0 Å². The van der Waals surface area contributed by atoms with Crippen molar-refractivity contribution in [3.8, 4) is 0 Å². The van der Waals surface area contributed by atoms with Crippen molar-refractivity contribution in [1.82, 2.24) is 15.5 Å². The number of nitrogens with one attached hydrogen (secondary N) is 1. The SMILES string of the molecule is C1CCC(c2noc(CC3CSCCN3)n2)C1. The van der Waals surface area contributed by atoms with Crippen LogP contribution in [0.1, 0.15) is 43.3 Å². The highest BCUT2D eigenvalue weighted by Crippen LogP contribution is 2.32. The Bertz CT molecular complexity index is 356. The monoisotopic (exact) mass is 253 g/mol. The van der Waals surface area contributed by atoms with Crippen LogP contribution in [0.2, 0.25) is 0 Å². The van der Waals surface area contributed by atoms with Gasteiger partial charge in [-0.1, -0.05) is 18.0 Å². The van der Waals surface area contributed by atoms with Gasteiger partial charge in [0, 0.05) is 36.4 Å². The smallest absolute Gasteiger partial charge is 0.228 e. The molecule has 1 aliphatic heterocycles. The van der Waals surface area contributed by atoms with Crippen LogP contribution in [0.15, 0.2) is 4.52 Å². The number of nitrogens with zero attached hydrogens (tertiary/aromatic N) is 2. The molecule has 0 bridgehead atoms. The highest BCUT2D eigenvalue weighted by molar-refractivity contribution is 7.99. The molecule has 2 aliphatic rings. The summed E-state index contributed by atoms with van der Waals surface area (Å²) in [6, 6.07) is 0.505. The molecular formula is C12H19N3OS. The Morgan fingerprint density at radius 3 is 3.00 bits per heavy atom. The van der Waals surface area contributed by atoms with Crippen molar-refractivity contribution in [2.75, 3.05) is 18.1 Å². The molecule has 1 aromatic heterocycles. The highest BCUT2D eigenvalue weighted by Gasteiger charge is 2.23. The summed E-state index contributed by atoms with van der Waals surface area (Å²) in [6.45, 7) is 1.10. The fourth-order valence-corrected chi connectivity index (χ4v) is 3.61. The third-order valence-corrected chi connectivity index (χ3v) is 4.75. The van der Waals surface area contributed by atoms with Crippen molar-refractivity contribution in [1.29, 1.82) is 0 Å². The zero-order valence-corrected chi connectivity index (χ0v) is 10.8. The van der Waals surface area contributed by atoms with Gasteiger partial charge in [-0.2, -0.15) is 16.7 Å². The van der Waals surface area contributed by atoms with Gasteiger partial charge >= 0.3 is 0 Å². The predicted molar refractivity (Wildman–Crippen MR) is 68.3 cm³/mol. The maximum absolute atomic E-state index is 5.37. The first-order valence-corrected chi connectivity index (χ1v) is 7.71. The molecule has 2 fully saturated rings. The minimum absolute atomic E-state index is 0.505. The molecule has 1 aliphatic carbocycles. The topological polar surface area (TPSA) is 51.0 Å². The minimum Gasteiger partial charge on any atom is -0.339 e. The number of hydrogen-bond donors (Lipinski definition) is 1. The van der Waals surface area contributed by atoms with Gasteiger partial charge in [0.25, 0.3) is 0 Å². The van der Waals surface area contributed by atoms with Crippen LogP contribution in [-0.4, -0.2) is 34.2 Å². The molecule has 5 heteroatoms. The summed E-state index contributed by atoms with van der Waals surface area (Å²) in [5.74, 6) is 4.68. The highest BCUT2D eigenvalue weighted by atomic mass is 32.2. The predicted octanol–water partition coefficient (Wildman–Crippen LogP) is 1.97. The Morgan fingerprint density at radius 1 is 1.35 bits per heavy atom. The molecule has 1 N–H and O–H groups in total. The summed E-state index contributed by atoms with van der Waals surface area (Å²) < 4.78 is 5.37. The summed E-state index contributed by atoms with van der Waals surface area (Å²) in [6.07, 6.45) is 5.98. The first-order chi connectivity index (χ1) is 8.42. The van der Waals surface area contributed by atoms with Gasteiger partial charge in [0.1, 0.15) is 0 Å². The Morgan fingerprint density at radius 2 is 2.24 bits per heavy atom. The molecule has 94 valence electrons. The molecule has 1 aromatic rings. The third-order valence-electron chi connectivity index (χ3n) is 3.62. The second kappa shape index (κ2) is 5.40. The zero-order chi connectivity index (χ0) is 11.5. The molecule has 1 unspecified atom stereocenters. The van der Waals surface area contributed by atoms with Gasteiger partial charge in [0.15, 0.2) is 5.82 Å². The van der Waals surface area contributed by atoms with E-state index in [4.69, 9.17) is 4.52 Å². The summed E-state index contributed by atoms with van der Waals surface area (Å²) >= 11 is 2.00. The van der Waals surface area contributed by atoms with E-state index < -0.39 is 0 Å².